The minimum atomic E-state index is 0.539. The summed E-state index contributed by atoms with van der Waals surface area (Å²) in [5.41, 5.74) is 4.76. The first-order valence-electron chi connectivity index (χ1n) is 9.15. The molecular formula is C24H23N. The Balaban J connectivity index is 1.91. The van der Waals surface area contributed by atoms with Crippen molar-refractivity contribution in [3.63, 3.8) is 0 Å². The fourth-order valence-corrected chi connectivity index (χ4v) is 3.70. The number of rotatable bonds is 4. The Bertz CT molecular complexity index is 1030. The highest BCUT2D eigenvalue weighted by Crippen LogP contribution is 2.32. The van der Waals surface area contributed by atoms with Crippen LogP contribution in [0.25, 0.3) is 32.9 Å². The molecule has 0 N–H and O–H groups in total. The van der Waals surface area contributed by atoms with Crippen LogP contribution in [0.1, 0.15) is 38.2 Å². The highest BCUT2D eigenvalue weighted by Gasteiger charge is 2.13. The molecule has 0 aliphatic rings. The van der Waals surface area contributed by atoms with Gasteiger partial charge in [0.2, 0.25) is 0 Å². The Morgan fingerprint density at radius 1 is 0.840 bits per heavy atom. The molecule has 0 fully saturated rings. The van der Waals surface area contributed by atoms with E-state index < -0.39 is 0 Å². The molecule has 1 atom stereocenters. The third-order valence-electron chi connectivity index (χ3n) is 5.05. The van der Waals surface area contributed by atoms with Crippen molar-refractivity contribution in [1.82, 2.24) is 4.98 Å². The molecule has 124 valence electrons. The smallest absolute Gasteiger partial charge is 0.0712 e. The number of fused-ring (bicyclic) bond motifs is 2. The summed E-state index contributed by atoms with van der Waals surface area (Å²) >= 11 is 0. The van der Waals surface area contributed by atoms with Crippen LogP contribution in [0, 0.1) is 0 Å². The van der Waals surface area contributed by atoms with E-state index in [0.717, 1.165) is 11.2 Å². The first-order chi connectivity index (χ1) is 12.3. The SMILES string of the molecule is CCCC(C)c1cc(-c2ccc3ccccc3c2)nc2ccccc12. The summed E-state index contributed by atoms with van der Waals surface area (Å²) in [6.07, 6.45) is 2.40. The highest BCUT2D eigenvalue weighted by atomic mass is 14.7. The zero-order valence-corrected chi connectivity index (χ0v) is 14.9. The van der Waals surface area contributed by atoms with Crippen LogP contribution in [0.2, 0.25) is 0 Å². The van der Waals surface area contributed by atoms with E-state index in [-0.39, 0.29) is 0 Å². The van der Waals surface area contributed by atoms with E-state index in [2.05, 4.69) is 86.6 Å². The molecule has 0 saturated heterocycles. The molecule has 0 aliphatic carbocycles. The van der Waals surface area contributed by atoms with Gasteiger partial charge in [-0.25, -0.2) is 4.98 Å². The summed E-state index contributed by atoms with van der Waals surface area (Å²) in [4.78, 5) is 4.96. The van der Waals surface area contributed by atoms with Crippen LogP contribution in [-0.2, 0) is 0 Å². The number of aromatic nitrogens is 1. The molecule has 1 heterocycles. The van der Waals surface area contributed by atoms with Crippen LogP contribution >= 0.6 is 0 Å². The van der Waals surface area contributed by atoms with Gasteiger partial charge in [0.15, 0.2) is 0 Å². The minimum Gasteiger partial charge on any atom is -0.248 e. The standard InChI is InChI=1S/C24H23N/c1-3-8-17(2)22-16-24(25-23-12-7-6-11-21(22)23)20-14-13-18-9-4-5-10-19(18)15-20/h4-7,9-17H,3,8H2,1-2H3. The van der Waals surface area contributed by atoms with Crippen LogP contribution in [0.4, 0.5) is 0 Å². The Morgan fingerprint density at radius 2 is 1.60 bits per heavy atom. The van der Waals surface area contributed by atoms with Gasteiger partial charge in [-0.3, -0.25) is 0 Å². The topological polar surface area (TPSA) is 12.9 Å². The molecule has 1 unspecified atom stereocenters. The number of nitrogens with zero attached hydrogens (tertiary/aromatic N) is 1. The summed E-state index contributed by atoms with van der Waals surface area (Å²) in [5, 5.41) is 3.82. The van der Waals surface area contributed by atoms with Gasteiger partial charge in [0.25, 0.3) is 0 Å². The number of benzene rings is 3. The average molecular weight is 325 g/mol. The fourth-order valence-electron chi connectivity index (χ4n) is 3.70. The van der Waals surface area contributed by atoms with Gasteiger partial charge in [0.05, 0.1) is 11.2 Å². The van der Waals surface area contributed by atoms with Crippen molar-refractivity contribution in [1.29, 1.82) is 0 Å². The van der Waals surface area contributed by atoms with Crippen molar-refractivity contribution in [3.05, 3.63) is 78.4 Å². The van der Waals surface area contributed by atoms with E-state index in [1.54, 1.807) is 0 Å². The molecule has 1 heteroatoms. The van der Waals surface area contributed by atoms with Gasteiger partial charge in [-0.15, -0.1) is 0 Å². The van der Waals surface area contributed by atoms with Crippen molar-refractivity contribution in [3.8, 4) is 11.3 Å². The second-order valence-corrected chi connectivity index (χ2v) is 6.87. The fraction of sp³-hybridized carbons (Fsp3) is 0.208. The van der Waals surface area contributed by atoms with Gasteiger partial charge < -0.3 is 0 Å². The Kier molecular flexibility index (Phi) is 4.23. The second-order valence-electron chi connectivity index (χ2n) is 6.87. The third-order valence-corrected chi connectivity index (χ3v) is 5.05. The third kappa shape index (κ3) is 3.02. The van der Waals surface area contributed by atoms with E-state index >= 15 is 0 Å². The van der Waals surface area contributed by atoms with E-state index in [1.165, 1.54) is 40.1 Å². The maximum atomic E-state index is 4.96. The molecule has 0 amide bonds. The first kappa shape index (κ1) is 15.8. The van der Waals surface area contributed by atoms with E-state index in [0.29, 0.717) is 5.92 Å². The predicted octanol–water partition coefficient (Wildman–Crippen LogP) is 6.96. The lowest BCUT2D eigenvalue weighted by Gasteiger charge is -2.16. The van der Waals surface area contributed by atoms with Crippen LogP contribution in [0.5, 0.6) is 0 Å². The predicted molar refractivity (Wildman–Crippen MR) is 108 cm³/mol. The Hall–Kier alpha value is -2.67. The van der Waals surface area contributed by atoms with Gasteiger partial charge in [-0.05, 0) is 46.9 Å². The molecule has 25 heavy (non-hydrogen) atoms. The van der Waals surface area contributed by atoms with Crippen LogP contribution in [0.3, 0.4) is 0 Å². The molecular weight excluding hydrogens is 302 g/mol. The molecule has 0 spiro atoms. The van der Waals surface area contributed by atoms with Crippen LogP contribution in [-0.4, -0.2) is 4.98 Å². The largest absolute Gasteiger partial charge is 0.248 e. The monoisotopic (exact) mass is 325 g/mol. The minimum absolute atomic E-state index is 0.539. The van der Waals surface area contributed by atoms with Crippen molar-refractivity contribution in [2.45, 2.75) is 32.6 Å². The molecule has 4 aromatic rings. The van der Waals surface area contributed by atoms with Gasteiger partial charge >= 0.3 is 0 Å². The van der Waals surface area contributed by atoms with Crippen molar-refractivity contribution >= 4 is 21.7 Å². The Labute approximate surface area is 149 Å². The van der Waals surface area contributed by atoms with Gasteiger partial charge in [-0.1, -0.05) is 74.9 Å². The summed E-state index contributed by atoms with van der Waals surface area (Å²) in [7, 11) is 0. The Morgan fingerprint density at radius 3 is 2.44 bits per heavy atom. The maximum Gasteiger partial charge on any atom is 0.0712 e. The molecule has 0 radical (unpaired) electrons. The molecule has 1 aromatic heterocycles. The molecule has 0 bridgehead atoms. The second kappa shape index (κ2) is 6.68. The average Bonchev–Trinajstić information content (AvgIpc) is 2.67. The van der Waals surface area contributed by atoms with E-state index in [4.69, 9.17) is 4.98 Å². The molecule has 4 rings (SSSR count). The molecule has 0 aliphatic heterocycles. The van der Waals surface area contributed by atoms with E-state index in [1.807, 2.05) is 0 Å². The summed E-state index contributed by atoms with van der Waals surface area (Å²) in [5.74, 6) is 0.539. The van der Waals surface area contributed by atoms with Crippen LogP contribution < -0.4 is 0 Å². The molecule has 1 nitrogen and oxygen atoms in total. The van der Waals surface area contributed by atoms with E-state index in [9.17, 15) is 0 Å². The number of hydrogen-bond donors (Lipinski definition) is 0. The lowest BCUT2D eigenvalue weighted by atomic mass is 9.91. The number of para-hydroxylation sites is 1. The summed E-state index contributed by atoms with van der Waals surface area (Å²) < 4.78 is 0. The summed E-state index contributed by atoms with van der Waals surface area (Å²) in [6, 6.07) is 25.9. The van der Waals surface area contributed by atoms with Crippen molar-refractivity contribution < 1.29 is 0 Å². The number of hydrogen-bond acceptors (Lipinski definition) is 1. The molecule has 0 saturated carbocycles. The first-order valence-corrected chi connectivity index (χ1v) is 9.15. The van der Waals surface area contributed by atoms with Crippen molar-refractivity contribution in [2.75, 3.05) is 0 Å². The maximum absolute atomic E-state index is 4.96. The number of pyridine rings is 1. The highest BCUT2D eigenvalue weighted by molar-refractivity contribution is 5.89. The van der Waals surface area contributed by atoms with Gasteiger partial charge in [0.1, 0.15) is 0 Å². The zero-order valence-electron chi connectivity index (χ0n) is 14.9. The van der Waals surface area contributed by atoms with Gasteiger partial charge in [-0.2, -0.15) is 0 Å². The molecule has 3 aromatic carbocycles. The lowest BCUT2D eigenvalue weighted by Crippen LogP contribution is -1.98. The van der Waals surface area contributed by atoms with Crippen molar-refractivity contribution in [2.24, 2.45) is 0 Å². The quantitative estimate of drug-likeness (QED) is 0.395. The summed E-state index contributed by atoms with van der Waals surface area (Å²) in [6.45, 7) is 4.58. The lowest BCUT2D eigenvalue weighted by molar-refractivity contribution is 0.669. The zero-order chi connectivity index (χ0) is 17.2. The normalized spacial score (nSPS) is 12.6. The van der Waals surface area contributed by atoms with Gasteiger partial charge in [0, 0.05) is 10.9 Å². The van der Waals surface area contributed by atoms with Crippen LogP contribution in [0.15, 0.2) is 72.8 Å².